The number of hydrogen-bond acceptors (Lipinski definition) is 0. The summed E-state index contributed by atoms with van der Waals surface area (Å²) in [4.78, 5) is 3.51. The van der Waals surface area contributed by atoms with E-state index in [0.29, 0.717) is 5.92 Å². The molecule has 0 fully saturated rings. The molecule has 2 heteroatoms. The van der Waals surface area contributed by atoms with Crippen molar-refractivity contribution < 1.29 is 4.57 Å². The van der Waals surface area contributed by atoms with Gasteiger partial charge in [0.2, 0.25) is 0 Å². The fourth-order valence-corrected chi connectivity index (χ4v) is 3.24. The van der Waals surface area contributed by atoms with Crippen molar-refractivity contribution in [3.05, 3.63) is 54.1 Å². The van der Waals surface area contributed by atoms with E-state index < -0.39 is 0 Å². The van der Waals surface area contributed by atoms with Crippen LogP contribution in [0.1, 0.15) is 69.7 Å². The molecule has 0 saturated heterocycles. The van der Waals surface area contributed by atoms with E-state index in [1.54, 1.807) is 0 Å². The van der Waals surface area contributed by atoms with Gasteiger partial charge in [-0.15, -0.1) is 0 Å². The third-order valence-electron chi connectivity index (χ3n) is 4.43. The van der Waals surface area contributed by atoms with Gasteiger partial charge < -0.3 is 0 Å². The van der Waals surface area contributed by atoms with Gasteiger partial charge in [0.15, 0.2) is 0 Å². The van der Waals surface area contributed by atoms with Crippen LogP contribution in [-0.2, 0) is 13.0 Å². The van der Waals surface area contributed by atoms with E-state index >= 15 is 0 Å². The molecule has 0 aliphatic heterocycles. The van der Waals surface area contributed by atoms with Gasteiger partial charge in [0, 0.05) is 0 Å². The van der Waals surface area contributed by atoms with Gasteiger partial charge >= 0.3 is 0 Å². The maximum Gasteiger partial charge on any atom is 0.257 e. The minimum atomic E-state index is 0.691. The summed E-state index contributed by atoms with van der Waals surface area (Å²) < 4.78 is 2.44. The van der Waals surface area contributed by atoms with Crippen LogP contribution in [-0.4, -0.2) is 4.98 Å². The predicted octanol–water partition coefficient (Wildman–Crippen LogP) is 5.01. The third kappa shape index (κ3) is 5.01. The number of imidazole rings is 1. The second kappa shape index (κ2) is 9.45. The molecule has 0 aliphatic rings. The Morgan fingerprint density at radius 3 is 2.55 bits per heavy atom. The van der Waals surface area contributed by atoms with Crippen LogP contribution in [0.15, 0.2) is 42.7 Å². The van der Waals surface area contributed by atoms with Crippen LogP contribution in [0.3, 0.4) is 0 Å². The van der Waals surface area contributed by atoms with Crippen LogP contribution in [0.4, 0.5) is 0 Å². The van der Waals surface area contributed by atoms with Crippen molar-refractivity contribution in [2.75, 3.05) is 0 Å². The van der Waals surface area contributed by atoms with Gasteiger partial charge in [0.05, 0.1) is 12.5 Å². The zero-order valence-corrected chi connectivity index (χ0v) is 14.2. The molecule has 1 aromatic carbocycles. The Kier molecular flexibility index (Phi) is 7.21. The van der Waals surface area contributed by atoms with Crippen molar-refractivity contribution in [2.24, 2.45) is 0 Å². The standard InChI is InChI=1S/C20H30N2/c1-3-5-14-19(10-4-2)20-21-15-17-22(20)16-9-13-18-11-7-6-8-12-18/h6-8,11-12,15,17,19H,3-5,9-10,13-14,16H2,1-2H3/p+1/t19-/m0/s1. The summed E-state index contributed by atoms with van der Waals surface area (Å²) >= 11 is 0. The number of nitrogens with one attached hydrogen (secondary N) is 1. The summed E-state index contributed by atoms with van der Waals surface area (Å²) in [7, 11) is 0. The molecular formula is C20H31N2+. The molecule has 0 aliphatic carbocycles. The fraction of sp³-hybridized carbons (Fsp3) is 0.550. The van der Waals surface area contributed by atoms with E-state index in [1.807, 2.05) is 0 Å². The van der Waals surface area contributed by atoms with Crippen LogP contribution >= 0.6 is 0 Å². The number of aromatic amines is 1. The largest absolute Gasteiger partial charge is 0.257 e. The lowest BCUT2D eigenvalue weighted by atomic mass is 9.96. The third-order valence-corrected chi connectivity index (χ3v) is 4.43. The topological polar surface area (TPSA) is 19.7 Å². The monoisotopic (exact) mass is 299 g/mol. The molecular weight excluding hydrogens is 268 g/mol. The highest BCUT2D eigenvalue weighted by Gasteiger charge is 2.21. The average molecular weight is 299 g/mol. The van der Waals surface area contributed by atoms with Crippen molar-refractivity contribution >= 4 is 0 Å². The molecule has 0 saturated carbocycles. The fourth-order valence-electron chi connectivity index (χ4n) is 3.24. The van der Waals surface area contributed by atoms with Crippen molar-refractivity contribution in [1.29, 1.82) is 0 Å². The first-order valence-corrected chi connectivity index (χ1v) is 8.95. The van der Waals surface area contributed by atoms with Crippen molar-refractivity contribution in [1.82, 2.24) is 4.98 Å². The number of H-pyrrole nitrogens is 1. The van der Waals surface area contributed by atoms with E-state index in [9.17, 15) is 0 Å². The van der Waals surface area contributed by atoms with Crippen LogP contribution in [0.2, 0.25) is 0 Å². The number of unbranched alkanes of at least 4 members (excludes halogenated alkanes) is 1. The van der Waals surface area contributed by atoms with Gasteiger partial charge in [-0.25, -0.2) is 9.55 Å². The zero-order chi connectivity index (χ0) is 15.6. The lowest BCUT2D eigenvalue weighted by Crippen LogP contribution is -2.37. The van der Waals surface area contributed by atoms with Gasteiger partial charge in [-0.3, -0.25) is 0 Å². The van der Waals surface area contributed by atoms with E-state index in [-0.39, 0.29) is 0 Å². The van der Waals surface area contributed by atoms with Gasteiger partial charge in [-0.2, -0.15) is 0 Å². The molecule has 1 N–H and O–H groups in total. The Balaban J connectivity index is 1.92. The maximum atomic E-state index is 3.51. The van der Waals surface area contributed by atoms with E-state index in [2.05, 4.69) is 66.1 Å². The molecule has 120 valence electrons. The molecule has 2 aromatic rings. The highest BCUT2D eigenvalue weighted by atomic mass is 15.1. The zero-order valence-electron chi connectivity index (χ0n) is 14.2. The number of benzene rings is 1. The average Bonchev–Trinajstić information content (AvgIpc) is 3.01. The lowest BCUT2D eigenvalue weighted by Gasteiger charge is -2.12. The SMILES string of the molecule is CCCC[C@H](CCC)c1[nH]cc[n+]1CCCc1ccccc1. The molecule has 0 spiro atoms. The normalized spacial score (nSPS) is 12.5. The van der Waals surface area contributed by atoms with E-state index in [0.717, 1.165) is 13.0 Å². The first kappa shape index (κ1) is 16.8. The number of hydrogen-bond donors (Lipinski definition) is 1. The summed E-state index contributed by atoms with van der Waals surface area (Å²) in [5, 5.41) is 0. The Bertz CT molecular complexity index is 516. The van der Waals surface area contributed by atoms with E-state index in [4.69, 9.17) is 0 Å². The highest BCUT2D eigenvalue weighted by molar-refractivity contribution is 5.14. The lowest BCUT2D eigenvalue weighted by molar-refractivity contribution is -0.704. The first-order chi connectivity index (χ1) is 10.8. The molecule has 22 heavy (non-hydrogen) atoms. The Morgan fingerprint density at radius 1 is 1.00 bits per heavy atom. The molecule has 1 atom stereocenters. The Morgan fingerprint density at radius 2 is 1.82 bits per heavy atom. The Labute approximate surface area is 135 Å². The number of rotatable bonds is 10. The van der Waals surface area contributed by atoms with Gasteiger partial charge in [0.1, 0.15) is 12.4 Å². The molecule has 2 nitrogen and oxygen atoms in total. The van der Waals surface area contributed by atoms with Crippen LogP contribution in [0, 0.1) is 0 Å². The minimum Gasteiger partial charge on any atom is -0.247 e. The predicted molar refractivity (Wildman–Crippen MR) is 92.9 cm³/mol. The van der Waals surface area contributed by atoms with Gasteiger partial charge in [-0.05, 0) is 31.2 Å². The number of aryl methyl sites for hydroxylation is 2. The van der Waals surface area contributed by atoms with Crippen LogP contribution in [0.25, 0.3) is 0 Å². The molecule has 2 rings (SSSR count). The highest BCUT2D eigenvalue weighted by Crippen LogP contribution is 2.23. The second-order valence-corrected chi connectivity index (χ2v) is 6.26. The summed E-state index contributed by atoms with van der Waals surface area (Å²) in [5.41, 5.74) is 1.44. The van der Waals surface area contributed by atoms with Crippen LogP contribution < -0.4 is 4.57 Å². The smallest absolute Gasteiger partial charge is 0.247 e. The first-order valence-electron chi connectivity index (χ1n) is 8.95. The summed E-state index contributed by atoms with van der Waals surface area (Å²) in [6.45, 7) is 5.69. The van der Waals surface area contributed by atoms with Crippen molar-refractivity contribution in [3.63, 3.8) is 0 Å². The number of aromatic nitrogens is 2. The number of nitrogens with zero attached hydrogens (tertiary/aromatic N) is 1. The van der Waals surface area contributed by atoms with Crippen LogP contribution in [0.5, 0.6) is 0 Å². The second-order valence-electron chi connectivity index (χ2n) is 6.26. The minimum absolute atomic E-state index is 0.691. The summed E-state index contributed by atoms with van der Waals surface area (Å²) in [6.07, 6.45) is 13.2. The Hall–Kier alpha value is -1.57. The van der Waals surface area contributed by atoms with Crippen molar-refractivity contribution in [3.8, 4) is 0 Å². The van der Waals surface area contributed by atoms with Gasteiger partial charge in [0.25, 0.3) is 5.82 Å². The molecule has 0 bridgehead atoms. The quantitative estimate of drug-likeness (QED) is 0.595. The van der Waals surface area contributed by atoms with Crippen molar-refractivity contribution in [2.45, 2.75) is 71.3 Å². The van der Waals surface area contributed by atoms with Gasteiger partial charge in [-0.1, -0.05) is 63.4 Å². The molecule has 1 heterocycles. The molecule has 1 aromatic heterocycles. The summed E-state index contributed by atoms with van der Waals surface area (Å²) in [6, 6.07) is 10.8. The molecule has 0 amide bonds. The molecule has 0 unspecified atom stereocenters. The maximum absolute atomic E-state index is 3.51. The summed E-state index contributed by atoms with van der Waals surface area (Å²) in [5.74, 6) is 2.13. The van der Waals surface area contributed by atoms with E-state index in [1.165, 1.54) is 49.9 Å². The molecule has 0 radical (unpaired) electrons.